The highest BCUT2D eigenvalue weighted by molar-refractivity contribution is 7.80. The first-order chi connectivity index (χ1) is 8.58. The van der Waals surface area contributed by atoms with Gasteiger partial charge in [-0.1, -0.05) is 11.6 Å². The minimum Gasteiger partial charge on any atom is -0.710 e. The van der Waals surface area contributed by atoms with E-state index in [9.17, 15) is 10.0 Å². The number of rotatable bonds is 2. The number of amides is 1. The van der Waals surface area contributed by atoms with Crippen LogP contribution in [-0.4, -0.2) is 5.91 Å². The number of carbonyl (C=O) groups is 1. The zero-order chi connectivity index (χ0) is 13.1. The second-order valence-electron chi connectivity index (χ2n) is 3.52. The average molecular weight is 281 g/mol. The fourth-order valence-electron chi connectivity index (χ4n) is 1.37. The van der Waals surface area contributed by atoms with Gasteiger partial charge < -0.3 is 5.21 Å². The van der Waals surface area contributed by atoms with Crippen molar-refractivity contribution in [2.24, 2.45) is 0 Å². The molecule has 0 fully saturated rings. The van der Waals surface area contributed by atoms with E-state index in [4.69, 9.17) is 11.6 Å². The van der Waals surface area contributed by atoms with Crippen LogP contribution in [-0.2, 0) is 0 Å². The fourth-order valence-corrected chi connectivity index (χ4v) is 1.69. The second-order valence-corrected chi connectivity index (χ2v) is 4.42. The zero-order valence-corrected chi connectivity index (χ0v) is 10.8. The molecule has 0 saturated heterocycles. The van der Waals surface area contributed by atoms with E-state index < -0.39 is 0 Å². The monoisotopic (exact) mass is 280 g/mol. The molecule has 1 aromatic carbocycles. The van der Waals surface area contributed by atoms with E-state index >= 15 is 0 Å². The number of nitrogens with zero attached hydrogens (tertiary/aromatic N) is 1. The van der Waals surface area contributed by atoms with Gasteiger partial charge in [0, 0.05) is 11.1 Å². The molecule has 1 amide bonds. The van der Waals surface area contributed by atoms with Gasteiger partial charge in [0.15, 0.2) is 5.03 Å². The summed E-state index contributed by atoms with van der Waals surface area (Å²) in [6.45, 7) is 0. The van der Waals surface area contributed by atoms with Crippen molar-refractivity contribution in [2.45, 2.75) is 5.03 Å². The van der Waals surface area contributed by atoms with E-state index in [0.717, 1.165) is 0 Å². The quantitative estimate of drug-likeness (QED) is 0.504. The highest BCUT2D eigenvalue weighted by Crippen LogP contribution is 2.11. The zero-order valence-electron chi connectivity index (χ0n) is 9.13. The third-order valence-corrected chi connectivity index (χ3v) is 2.86. The molecule has 0 bridgehead atoms. The smallest absolute Gasteiger partial charge is 0.339 e. The van der Waals surface area contributed by atoms with Gasteiger partial charge in [-0.2, -0.15) is 0 Å². The summed E-state index contributed by atoms with van der Waals surface area (Å²) >= 11 is 9.70. The van der Waals surface area contributed by atoms with Crippen LogP contribution in [0.2, 0.25) is 5.02 Å². The number of carbonyl (C=O) groups excluding carboxylic acids is 1. The summed E-state index contributed by atoms with van der Waals surface area (Å²) in [5.41, 5.74) is 0.420. The van der Waals surface area contributed by atoms with E-state index in [1.165, 1.54) is 12.1 Å². The predicted molar refractivity (Wildman–Crippen MR) is 72.1 cm³/mol. The average Bonchev–Trinajstić information content (AvgIpc) is 2.36. The molecule has 0 aliphatic carbocycles. The van der Waals surface area contributed by atoms with Crippen molar-refractivity contribution in [3.63, 3.8) is 0 Å². The van der Waals surface area contributed by atoms with Gasteiger partial charge in [-0.05, 0) is 36.4 Å². The Morgan fingerprint density at radius 2 is 1.89 bits per heavy atom. The molecule has 1 heterocycles. The number of aromatic nitrogens is 1. The van der Waals surface area contributed by atoms with E-state index in [2.05, 4.69) is 17.9 Å². The maximum Gasteiger partial charge on any atom is 0.339 e. The SMILES string of the molecule is O=C(Nc1cccc(S)[n+]1[O-])c1ccc(Cl)cc1. The van der Waals surface area contributed by atoms with Crippen molar-refractivity contribution in [3.8, 4) is 0 Å². The first kappa shape index (κ1) is 12.7. The number of halogens is 1. The van der Waals surface area contributed by atoms with Crippen molar-refractivity contribution in [3.05, 3.63) is 58.3 Å². The number of thiol groups is 1. The Labute approximate surface area is 114 Å². The van der Waals surface area contributed by atoms with Crippen LogP contribution in [0.1, 0.15) is 10.4 Å². The predicted octanol–water partition coefficient (Wildman–Crippen LogP) is 2.51. The maximum absolute atomic E-state index is 11.9. The minimum atomic E-state index is -0.379. The molecule has 92 valence electrons. The van der Waals surface area contributed by atoms with Crippen LogP contribution in [0, 0.1) is 5.21 Å². The van der Waals surface area contributed by atoms with Crippen LogP contribution in [0.25, 0.3) is 0 Å². The Morgan fingerprint density at radius 3 is 2.56 bits per heavy atom. The molecule has 1 N–H and O–H groups in total. The van der Waals surface area contributed by atoms with Gasteiger partial charge >= 0.3 is 5.91 Å². The van der Waals surface area contributed by atoms with E-state index in [1.807, 2.05) is 0 Å². The molecule has 2 rings (SSSR count). The summed E-state index contributed by atoms with van der Waals surface area (Å²) in [7, 11) is 0. The number of anilines is 1. The van der Waals surface area contributed by atoms with Crippen LogP contribution in [0.15, 0.2) is 47.5 Å². The van der Waals surface area contributed by atoms with Crippen molar-refractivity contribution in [2.75, 3.05) is 5.32 Å². The number of hydrogen-bond donors (Lipinski definition) is 2. The molecule has 0 saturated carbocycles. The lowest BCUT2D eigenvalue weighted by molar-refractivity contribution is -0.630. The lowest BCUT2D eigenvalue weighted by Crippen LogP contribution is -2.34. The molecule has 4 nitrogen and oxygen atoms in total. The first-order valence-corrected chi connectivity index (χ1v) is 5.89. The summed E-state index contributed by atoms with van der Waals surface area (Å²) in [5, 5.41) is 14.9. The molecule has 6 heteroatoms. The minimum absolute atomic E-state index is 0.127. The topological polar surface area (TPSA) is 56.0 Å². The number of hydrogen-bond acceptors (Lipinski definition) is 3. The van der Waals surface area contributed by atoms with Crippen LogP contribution < -0.4 is 10.0 Å². The number of nitrogens with one attached hydrogen (secondary N) is 1. The standard InChI is InChI=1S/C12H9ClN2O2S/c13-9-6-4-8(5-7-9)12(16)14-10-2-1-3-11(18)15(10)17/h1-7,18H,(H,14,16). The van der Waals surface area contributed by atoms with Gasteiger partial charge in [-0.25, -0.2) is 14.8 Å². The van der Waals surface area contributed by atoms with Gasteiger partial charge in [-0.3, -0.25) is 0 Å². The summed E-state index contributed by atoms with van der Waals surface area (Å²) in [4.78, 5) is 11.9. The molecular formula is C12H9ClN2O2S. The number of pyridine rings is 1. The van der Waals surface area contributed by atoms with Gasteiger partial charge in [0.1, 0.15) is 0 Å². The fraction of sp³-hybridized carbons (Fsp3) is 0. The van der Waals surface area contributed by atoms with E-state index in [0.29, 0.717) is 15.3 Å². The first-order valence-electron chi connectivity index (χ1n) is 5.06. The molecular weight excluding hydrogens is 272 g/mol. The summed E-state index contributed by atoms with van der Waals surface area (Å²) < 4.78 is 0.539. The highest BCUT2D eigenvalue weighted by atomic mass is 35.5. The van der Waals surface area contributed by atoms with Gasteiger partial charge in [-0.15, -0.1) is 12.6 Å². The molecule has 0 radical (unpaired) electrons. The number of benzene rings is 1. The van der Waals surface area contributed by atoms with Crippen LogP contribution in [0.4, 0.5) is 5.82 Å². The molecule has 0 aliphatic rings. The lowest BCUT2D eigenvalue weighted by atomic mass is 10.2. The maximum atomic E-state index is 11.9. The Hall–Kier alpha value is -1.72. The van der Waals surface area contributed by atoms with Crippen molar-refractivity contribution < 1.29 is 9.52 Å². The van der Waals surface area contributed by atoms with Gasteiger partial charge in [0.2, 0.25) is 0 Å². The summed E-state index contributed by atoms with van der Waals surface area (Å²) in [6.07, 6.45) is 0. The molecule has 0 atom stereocenters. The van der Waals surface area contributed by atoms with Crippen molar-refractivity contribution in [1.82, 2.24) is 0 Å². The van der Waals surface area contributed by atoms with Gasteiger partial charge in [0.05, 0.1) is 5.56 Å². The Morgan fingerprint density at radius 1 is 1.22 bits per heavy atom. The van der Waals surface area contributed by atoms with Crippen LogP contribution in [0.5, 0.6) is 0 Å². The Kier molecular flexibility index (Phi) is 3.74. The molecule has 0 spiro atoms. The van der Waals surface area contributed by atoms with Gasteiger partial charge in [0.25, 0.3) is 5.82 Å². The third-order valence-electron chi connectivity index (χ3n) is 2.27. The third kappa shape index (κ3) is 2.75. The molecule has 2 aromatic rings. The highest BCUT2D eigenvalue weighted by Gasteiger charge is 2.14. The molecule has 0 unspecified atom stereocenters. The van der Waals surface area contributed by atoms with Crippen LogP contribution >= 0.6 is 24.2 Å². The van der Waals surface area contributed by atoms with E-state index in [1.54, 1.807) is 30.3 Å². The van der Waals surface area contributed by atoms with E-state index in [-0.39, 0.29) is 16.8 Å². The molecule has 0 aliphatic heterocycles. The second kappa shape index (κ2) is 5.29. The summed E-state index contributed by atoms with van der Waals surface area (Å²) in [6, 6.07) is 11.0. The van der Waals surface area contributed by atoms with Crippen molar-refractivity contribution in [1.29, 1.82) is 0 Å². The largest absolute Gasteiger partial charge is 0.710 e. The molecule has 18 heavy (non-hydrogen) atoms. The van der Waals surface area contributed by atoms with Crippen LogP contribution in [0.3, 0.4) is 0 Å². The summed E-state index contributed by atoms with van der Waals surface area (Å²) in [5.74, 6) is -0.252. The van der Waals surface area contributed by atoms with Crippen molar-refractivity contribution >= 4 is 36.0 Å². The Balaban J connectivity index is 2.21. The normalized spacial score (nSPS) is 10.1. The molecule has 1 aromatic heterocycles. The Bertz CT molecular complexity index is 587. The lowest BCUT2D eigenvalue weighted by Gasteiger charge is -2.09.